The molecule has 0 aromatic rings. The second-order valence-corrected chi connectivity index (χ2v) is 0. The van der Waals surface area contributed by atoms with Crippen molar-refractivity contribution in [2.24, 2.45) is 0 Å². The summed E-state index contributed by atoms with van der Waals surface area (Å²) in [4.78, 5) is 0. The van der Waals surface area contributed by atoms with E-state index in [1.54, 1.807) is 0 Å². The zero-order valence-electron chi connectivity index (χ0n) is 3.82. The Bertz CT molecular complexity index is 11.6. The maximum absolute atomic E-state index is 4.21. The van der Waals surface area contributed by atoms with Gasteiger partial charge in [0.2, 0.25) is 0 Å². The zero-order chi connectivity index (χ0) is 2.00. The first kappa shape index (κ1) is 17.1. The molecule has 0 N–H and O–H groups in total. The fourth-order valence-electron chi connectivity index (χ4n) is 0. The van der Waals surface area contributed by atoms with Gasteiger partial charge in [-0.15, -0.1) is 0 Å². The molecular weight excluding hydrogens is 143 g/mol. The molecule has 0 heterocycles. The third-order valence-corrected chi connectivity index (χ3v) is 0. The van der Waals surface area contributed by atoms with Crippen molar-refractivity contribution < 1.29 is 20.3 Å². The van der Waals surface area contributed by atoms with Gasteiger partial charge >= 0.3 is 44.2 Å². The standard InChI is InChI=1S/GeH2S.Li.H3P.H/c1-2;;;/h1H2;;1H3;/q;+1;;-1. The fourth-order valence-corrected chi connectivity index (χ4v) is 0. The molecule has 0 aromatic heterocycles. The van der Waals surface area contributed by atoms with Crippen LogP contribution in [0.2, 0.25) is 0 Å². The van der Waals surface area contributed by atoms with Crippen LogP contribution in [0.25, 0.3) is 0 Å². The van der Waals surface area contributed by atoms with Gasteiger partial charge < -0.3 is 1.43 Å². The van der Waals surface area contributed by atoms with Crippen molar-refractivity contribution in [3.8, 4) is 0 Å². The monoisotopic (exact) mass is 150 g/mol. The van der Waals surface area contributed by atoms with Crippen molar-refractivity contribution in [3.05, 3.63) is 0 Å². The first-order valence-electron chi connectivity index (χ1n) is 0.289. The van der Waals surface area contributed by atoms with Crippen molar-refractivity contribution in [2.75, 3.05) is 0 Å². The summed E-state index contributed by atoms with van der Waals surface area (Å²) >= 11 is 0.958. The zero-order valence-corrected chi connectivity index (χ0v) is 8.02. The van der Waals surface area contributed by atoms with E-state index in [4.69, 9.17) is 0 Å². The van der Waals surface area contributed by atoms with Crippen molar-refractivity contribution in [1.82, 2.24) is 0 Å². The van der Waals surface area contributed by atoms with Crippen molar-refractivity contribution in [3.63, 3.8) is 0 Å². The molecule has 0 rings (SSSR count). The summed E-state index contributed by atoms with van der Waals surface area (Å²) < 4.78 is 0. The molecule has 0 spiro atoms. The summed E-state index contributed by atoms with van der Waals surface area (Å²) in [6.45, 7) is 0. The number of hydrogen-bond donors (Lipinski definition) is 0. The average Bonchev–Trinajstić information content (AvgIpc) is 1.00. The Hall–Kier alpha value is 1.79. The van der Waals surface area contributed by atoms with Crippen LogP contribution in [0.15, 0.2) is 0 Å². The Morgan fingerprint density at radius 1 is 1.50 bits per heavy atom. The molecule has 1 atom stereocenters. The topological polar surface area (TPSA) is 0 Å². The van der Waals surface area contributed by atoms with E-state index in [1.165, 1.54) is 0 Å². The molecule has 0 aliphatic carbocycles. The molecule has 0 bridgehead atoms. The molecule has 0 amide bonds. The van der Waals surface area contributed by atoms with Crippen molar-refractivity contribution in [2.45, 2.75) is 0 Å². The molecular formula is H6GeLiPS. The second kappa shape index (κ2) is 21.5. The van der Waals surface area contributed by atoms with Crippen LogP contribution >= 0.6 is 20.4 Å². The molecule has 0 radical (unpaired) electrons. The average molecular weight is 149 g/mol. The van der Waals surface area contributed by atoms with Crippen LogP contribution in [0, 0.1) is 0 Å². The molecule has 0 saturated heterocycles. The van der Waals surface area contributed by atoms with Gasteiger partial charge in [-0.05, 0) is 0 Å². The Balaban J connectivity index is -0.00000000167. The minimum absolute atomic E-state index is 0. The number of hydrogen-bond acceptors (Lipinski definition) is 1. The first-order chi connectivity index (χ1) is 1.00. The van der Waals surface area contributed by atoms with E-state index < -0.39 is 0 Å². The van der Waals surface area contributed by atoms with E-state index in [0.29, 0.717) is 0 Å². The summed E-state index contributed by atoms with van der Waals surface area (Å²) in [6, 6.07) is 0. The summed E-state index contributed by atoms with van der Waals surface area (Å²) in [5.41, 5.74) is 0. The van der Waals surface area contributed by atoms with Gasteiger partial charge in [0, 0.05) is 0 Å². The summed E-state index contributed by atoms with van der Waals surface area (Å²) in [5.74, 6) is 0. The summed E-state index contributed by atoms with van der Waals surface area (Å²) in [6.07, 6.45) is 0. The van der Waals surface area contributed by atoms with Gasteiger partial charge in [-0.2, -0.15) is 9.90 Å². The van der Waals surface area contributed by atoms with Crippen LogP contribution in [-0.2, 0) is 0 Å². The van der Waals surface area contributed by atoms with Crippen LogP contribution in [-0.4, -0.2) is 14.9 Å². The maximum atomic E-state index is 4.21. The van der Waals surface area contributed by atoms with Gasteiger partial charge in [0.15, 0.2) is 0 Å². The van der Waals surface area contributed by atoms with E-state index in [9.17, 15) is 0 Å². The Kier molecular flexibility index (Phi) is 91.6. The minimum atomic E-state index is 0. The van der Waals surface area contributed by atoms with Gasteiger partial charge in [-0.25, -0.2) is 0 Å². The molecule has 0 nitrogen and oxygen atoms in total. The predicted molar refractivity (Wildman–Crippen MR) is 28.4 cm³/mol. The summed E-state index contributed by atoms with van der Waals surface area (Å²) in [5, 5.41) is 0. The van der Waals surface area contributed by atoms with E-state index in [2.05, 4.69) is 10.5 Å². The van der Waals surface area contributed by atoms with E-state index in [1.807, 2.05) is 0 Å². The van der Waals surface area contributed by atoms with Crippen LogP contribution in [0.5, 0.6) is 0 Å². The van der Waals surface area contributed by atoms with Crippen LogP contribution < -0.4 is 18.9 Å². The van der Waals surface area contributed by atoms with Gasteiger partial charge in [0.1, 0.15) is 0 Å². The Morgan fingerprint density at radius 2 is 1.50 bits per heavy atom. The molecule has 0 aliphatic rings. The van der Waals surface area contributed by atoms with Crippen molar-refractivity contribution >= 4 is 35.2 Å². The molecule has 0 fully saturated rings. The number of rotatable bonds is 0. The predicted octanol–water partition coefficient (Wildman–Crippen LogP) is -3.09. The van der Waals surface area contributed by atoms with Crippen LogP contribution in [0.3, 0.4) is 0 Å². The molecule has 0 aliphatic heterocycles. The van der Waals surface area contributed by atoms with E-state index >= 15 is 0 Å². The third kappa shape index (κ3) is 9.21. The van der Waals surface area contributed by atoms with E-state index in [-0.39, 0.29) is 30.2 Å². The Labute approximate surface area is 55.4 Å². The van der Waals surface area contributed by atoms with Crippen LogP contribution in [0.4, 0.5) is 0 Å². The third-order valence-electron chi connectivity index (χ3n) is 0. The molecule has 1 unspecified atom stereocenters. The molecule has 0 saturated carbocycles. The van der Waals surface area contributed by atoms with Crippen molar-refractivity contribution in [1.29, 1.82) is 0 Å². The van der Waals surface area contributed by atoms with Gasteiger partial charge in [0.25, 0.3) is 0 Å². The van der Waals surface area contributed by atoms with Gasteiger partial charge in [0.05, 0.1) is 0 Å². The molecule has 0 aromatic carbocycles. The quantitative estimate of drug-likeness (QED) is 0.259. The SMILES string of the molecule is P.[H-].[Li+].[S]=[GeH2]. The van der Waals surface area contributed by atoms with Gasteiger partial charge in [-0.3, -0.25) is 0 Å². The molecule has 22 valence electrons. The molecule has 4 heavy (non-hydrogen) atoms. The van der Waals surface area contributed by atoms with Crippen LogP contribution in [0.1, 0.15) is 1.43 Å². The van der Waals surface area contributed by atoms with E-state index in [0.717, 1.165) is 14.9 Å². The normalized spacial score (nSPS) is 1.00. The fraction of sp³-hybridized carbons (Fsp3) is 0. The second-order valence-electron chi connectivity index (χ2n) is 0. The Morgan fingerprint density at radius 3 is 1.50 bits per heavy atom. The first-order valence-corrected chi connectivity index (χ1v) is 4.50. The summed E-state index contributed by atoms with van der Waals surface area (Å²) in [7, 11) is 4.21. The molecule has 4 heteroatoms. The van der Waals surface area contributed by atoms with Gasteiger partial charge in [-0.1, -0.05) is 0 Å².